The van der Waals surface area contributed by atoms with Crippen LogP contribution in [0.4, 0.5) is 0 Å². The molecule has 0 spiro atoms. The minimum atomic E-state index is -3.47. The lowest BCUT2D eigenvalue weighted by atomic mass is 10.1. The molecule has 0 amide bonds. The van der Waals surface area contributed by atoms with Crippen molar-refractivity contribution in [3.05, 3.63) is 52.2 Å². The fourth-order valence-electron chi connectivity index (χ4n) is 2.20. The highest BCUT2D eigenvalue weighted by molar-refractivity contribution is 8.00. The van der Waals surface area contributed by atoms with Crippen molar-refractivity contribution in [1.82, 2.24) is 4.98 Å². The van der Waals surface area contributed by atoms with Gasteiger partial charge in [0.15, 0.2) is 9.84 Å². The molecule has 9 heteroatoms. The Balaban J connectivity index is 2.13. The molecule has 0 radical (unpaired) electrons. The molecule has 27 heavy (non-hydrogen) atoms. The lowest BCUT2D eigenvalue weighted by Crippen LogP contribution is -2.11. The minimum Gasteiger partial charge on any atom is -0.462 e. The number of thioether (sulfide) groups is 1. The number of rotatable bonds is 7. The van der Waals surface area contributed by atoms with Gasteiger partial charge in [0, 0.05) is 10.8 Å². The zero-order valence-electron chi connectivity index (χ0n) is 14.7. The van der Waals surface area contributed by atoms with Crippen molar-refractivity contribution in [3.8, 4) is 6.07 Å². The molecule has 142 valence electrons. The van der Waals surface area contributed by atoms with Gasteiger partial charge in [-0.15, -0.1) is 11.8 Å². The summed E-state index contributed by atoms with van der Waals surface area (Å²) >= 11 is 6.93. The number of halogens is 1. The minimum absolute atomic E-state index is 0.121. The maximum absolute atomic E-state index is 12.4. The molecule has 0 aliphatic heterocycles. The van der Waals surface area contributed by atoms with Crippen molar-refractivity contribution in [2.24, 2.45) is 0 Å². The van der Waals surface area contributed by atoms with Gasteiger partial charge in [-0.1, -0.05) is 11.6 Å². The number of hydrogen-bond acceptors (Lipinski definition) is 7. The van der Waals surface area contributed by atoms with Crippen LogP contribution in [0.5, 0.6) is 0 Å². The predicted molar refractivity (Wildman–Crippen MR) is 104 cm³/mol. The first kappa shape index (κ1) is 21.2. The van der Waals surface area contributed by atoms with Gasteiger partial charge in [0.05, 0.1) is 34.1 Å². The third kappa shape index (κ3) is 5.45. The Labute approximate surface area is 167 Å². The van der Waals surface area contributed by atoms with E-state index in [-0.39, 0.29) is 34.1 Å². The topological polar surface area (TPSA) is 97.1 Å². The van der Waals surface area contributed by atoms with E-state index < -0.39 is 15.8 Å². The third-order valence-electron chi connectivity index (χ3n) is 3.56. The lowest BCUT2D eigenvalue weighted by molar-refractivity contribution is 0.0524. The molecule has 2 rings (SSSR count). The second kappa shape index (κ2) is 9.22. The van der Waals surface area contributed by atoms with E-state index in [0.29, 0.717) is 15.7 Å². The van der Waals surface area contributed by atoms with Crippen LogP contribution in [0.15, 0.2) is 40.3 Å². The third-order valence-corrected chi connectivity index (χ3v) is 6.79. The van der Waals surface area contributed by atoms with Gasteiger partial charge >= 0.3 is 5.97 Å². The van der Waals surface area contributed by atoms with Crippen LogP contribution in [0, 0.1) is 18.3 Å². The van der Waals surface area contributed by atoms with E-state index in [4.69, 9.17) is 16.3 Å². The molecule has 6 nitrogen and oxygen atoms in total. The van der Waals surface area contributed by atoms with Crippen LogP contribution in [0.25, 0.3) is 0 Å². The number of pyridine rings is 1. The predicted octanol–water partition coefficient (Wildman–Crippen LogP) is 3.66. The second-order valence-corrected chi connectivity index (χ2v) is 9.06. The Morgan fingerprint density at radius 3 is 2.59 bits per heavy atom. The normalized spacial score (nSPS) is 11.0. The number of carbonyl (C=O) groups excluding carboxylic acids is 1. The summed E-state index contributed by atoms with van der Waals surface area (Å²) in [6.07, 6.45) is 0. The summed E-state index contributed by atoms with van der Waals surface area (Å²) in [6, 6.07) is 9.38. The SMILES string of the molecule is CCOC(=O)c1cc(C#N)c(SCCS(=O)(=O)c2ccc(Cl)cc2)nc1C. The molecule has 0 saturated heterocycles. The Morgan fingerprint density at radius 2 is 2.00 bits per heavy atom. The van der Waals surface area contributed by atoms with Crippen LogP contribution in [0.3, 0.4) is 0 Å². The van der Waals surface area contributed by atoms with E-state index in [1.165, 1.54) is 30.3 Å². The van der Waals surface area contributed by atoms with Crippen molar-refractivity contribution in [2.45, 2.75) is 23.8 Å². The number of nitrogens with zero attached hydrogens (tertiary/aromatic N) is 2. The number of hydrogen-bond donors (Lipinski definition) is 0. The van der Waals surface area contributed by atoms with Gasteiger partial charge in [-0.3, -0.25) is 0 Å². The van der Waals surface area contributed by atoms with Gasteiger partial charge in [0.25, 0.3) is 0 Å². The average Bonchev–Trinajstić information content (AvgIpc) is 2.62. The standard InChI is InChI=1S/C18H17ClN2O4S2/c1-3-25-18(22)16-10-13(11-20)17(21-12(16)2)26-8-9-27(23,24)15-6-4-14(19)5-7-15/h4-7,10H,3,8-9H2,1-2H3. The molecule has 0 saturated carbocycles. The fraction of sp³-hybridized carbons (Fsp3) is 0.278. The molecule has 0 bridgehead atoms. The van der Waals surface area contributed by atoms with E-state index in [0.717, 1.165) is 11.8 Å². The number of aryl methyl sites for hydroxylation is 1. The Hall–Kier alpha value is -2.08. The first-order valence-electron chi connectivity index (χ1n) is 7.98. The maximum Gasteiger partial charge on any atom is 0.340 e. The first-order chi connectivity index (χ1) is 12.8. The summed E-state index contributed by atoms with van der Waals surface area (Å²) in [5, 5.41) is 10.2. The highest BCUT2D eigenvalue weighted by Crippen LogP contribution is 2.24. The molecule has 0 unspecified atom stereocenters. The molecule has 0 aliphatic rings. The van der Waals surface area contributed by atoms with Gasteiger partial charge in [0.1, 0.15) is 11.1 Å². The molecule has 1 heterocycles. The van der Waals surface area contributed by atoms with Gasteiger partial charge in [0.2, 0.25) is 0 Å². The van der Waals surface area contributed by atoms with E-state index in [2.05, 4.69) is 4.98 Å². The fourth-order valence-corrected chi connectivity index (χ4v) is 4.98. The molecule has 2 aromatic rings. The quantitative estimate of drug-likeness (QED) is 0.494. The zero-order valence-corrected chi connectivity index (χ0v) is 17.1. The lowest BCUT2D eigenvalue weighted by Gasteiger charge is -2.09. The Morgan fingerprint density at radius 1 is 1.33 bits per heavy atom. The van der Waals surface area contributed by atoms with Gasteiger partial charge in [-0.05, 0) is 44.2 Å². The summed E-state index contributed by atoms with van der Waals surface area (Å²) in [7, 11) is -3.47. The van der Waals surface area contributed by atoms with Crippen molar-refractivity contribution >= 4 is 39.2 Å². The molecule has 0 aliphatic carbocycles. The number of nitriles is 1. The Kier molecular flexibility index (Phi) is 7.25. The van der Waals surface area contributed by atoms with Crippen LogP contribution in [0.1, 0.15) is 28.5 Å². The van der Waals surface area contributed by atoms with Gasteiger partial charge in [-0.2, -0.15) is 5.26 Å². The second-order valence-electron chi connectivity index (χ2n) is 5.43. The smallest absolute Gasteiger partial charge is 0.340 e. The van der Waals surface area contributed by atoms with Crippen molar-refractivity contribution < 1.29 is 17.9 Å². The molecule has 0 fully saturated rings. The summed E-state index contributed by atoms with van der Waals surface area (Å²) in [6.45, 7) is 3.55. The number of esters is 1. The molecule has 0 atom stereocenters. The average molecular weight is 425 g/mol. The number of sulfone groups is 1. The van der Waals surface area contributed by atoms with E-state index >= 15 is 0 Å². The number of ether oxygens (including phenoxy) is 1. The number of carbonyl (C=O) groups is 1. The van der Waals surface area contributed by atoms with Gasteiger partial charge < -0.3 is 4.74 Å². The van der Waals surface area contributed by atoms with Crippen LogP contribution in [0.2, 0.25) is 5.02 Å². The first-order valence-corrected chi connectivity index (χ1v) is 11.0. The summed E-state index contributed by atoms with van der Waals surface area (Å²) < 4.78 is 29.7. The van der Waals surface area contributed by atoms with E-state index in [1.54, 1.807) is 13.8 Å². The highest BCUT2D eigenvalue weighted by atomic mass is 35.5. The number of benzene rings is 1. The summed E-state index contributed by atoms with van der Waals surface area (Å²) in [5.74, 6) is -0.448. The monoisotopic (exact) mass is 424 g/mol. The van der Waals surface area contributed by atoms with Crippen molar-refractivity contribution in [3.63, 3.8) is 0 Å². The maximum atomic E-state index is 12.4. The van der Waals surface area contributed by atoms with Gasteiger partial charge in [-0.25, -0.2) is 18.2 Å². The van der Waals surface area contributed by atoms with Crippen molar-refractivity contribution in [1.29, 1.82) is 5.26 Å². The summed E-state index contributed by atoms with van der Waals surface area (Å²) in [4.78, 5) is 16.4. The highest BCUT2D eigenvalue weighted by Gasteiger charge is 2.18. The largest absolute Gasteiger partial charge is 0.462 e. The molecular formula is C18H17ClN2O4S2. The van der Waals surface area contributed by atoms with Crippen LogP contribution < -0.4 is 0 Å². The van der Waals surface area contributed by atoms with E-state index in [9.17, 15) is 18.5 Å². The van der Waals surface area contributed by atoms with E-state index in [1.807, 2.05) is 6.07 Å². The zero-order chi connectivity index (χ0) is 20.0. The summed E-state index contributed by atoms with van der Waals surface area (Å²) in [5.41, 5.74) is 0.861. The number of aromatic nitrogens is 1. The van der Waals surface area contributed by atoms with Crippen LogP contribution in [-0.4, -0.2) is 37.5 Å². The molecule has 0 N–H and O–H groups in total. The van der Waals surface area contributed by atoms with Crippen LogP contribution in [-0.2, 0) is 14.6 Å². The molecular weight excluding hydrogens is 408 g/mol. The van der Waals surface area contributed by atoms with Crippen molar-refractivity contribution in [2.75, 3.05) is 18.1 Å². The Bertz CT molecular complexity index is 984. The van der Waals surface area contributed by atoms with Crippen LogP contribution >= 0.6 is 23.4 Å². The molecule has 1 aromatic carbocycles. The molecule has 1 aromatic heterocycles.